The summed E-state index contributed by atoms with van der Waals surface area (Å²) in [5, 5.41) is 12.0. The molecule has 1 aromatic carbocycles. The van der Waals surface area contributed by atoms with Gasteiger partial charge in [-0.05, 0) is 24.3 Å². The largest absolute Gasteiger partial charge is 0.478 e. The molecule has 74 valence electrons. The van der Waals surface area contributed by atoms with E-state index in [-0.39, 0.29) is 0 Å². The van der Waals surface area contributed by atoms with E-state index in [1.54, 1.807) is 12.1 Å². The molecule has 3 nitrogen and oxygen atoms in total. The first-order valence-electron chi connectivity index (χ1n) is 4.07. The van der Waals surface area contributed by atoms with Crippen LogP contribution >= 0.6 is 11.6 Å². The second kappa shape index (κ2) is 5.29. The van der Waals surface area contributed by atoms with Gasteiger partial charge in [-0.25, -0.2) is 4.79 Å². The van der Waals surface area contributed by atoms with Gasteiger partial charge < -0.3 is 10.4 Å². The van der Waals surface area contributed by atoms with Crippen molar-refractivity contribution in [3.05, 3.63) is 41.4 Å². The SMILES string of the molecule is O=C(O)/C=C/CNc1ccc(Cl)cc1. The van der Waals surface area contributed by atoms with Crippen LogP contribution in [0.1, 0.15) is 0 Å². The summed E-state index contributed by atoms with van der Waals surface area (Å²) in [6.45, 7) is 0.480. The molecule has 14 heavy (non-hydrogen) atoms. The van der Waals surface area contributed by atoms with E-state index in [1.165, 1.54) is 6.08 Å². The topological polar surface area (TPSA) is 49.3 Å². The van der Waals surface area contributed by atoms with Crippen molar-refractivity contribution in [2.24, 2.45) is 0 Å². The highest BCUT2D eigenvalue weighted by atomic mass is 35.5. The van der Waals surface area contributed by atoms with Crippen molar-refractivity contribution in [2.45, 2.75) is 0 Å². The van der Waals surface area contributed by atoms with E-state index in [2.05, 4.69) is 5.32 Å². The zero-order chi connectivity index (χ0) is 10.4. The lowest BCUT2D eigenvalue weighted by atomic mass is 10.3. The fourth-order valence-corrected chi connectivity index (χ4v) is 1.03. The van der Waals surface area contributed by atoms with E-state index >= 15 is 0 Å². The van der Waals surface area contributed by atoms with E-state index in [0.717, 1.165) is 11.8 Å². The molecule has 0 spiro atoms. The third-order valence-electron chi connectivity index (χ3n) is 1.53. The van der Waals surface area contributed by atoms with Crippen LogP contribution in [0.4, 0.5) is 5.69 Å². The molecule has 0 unspecified atom stereocenters. The van der Waals surface area contributed by atoms with Crippen molar-refractivity contribution in [3.63, 3.8) is 0 Å². The Bertz CT molecular complexity index is 332. The Balaban J connectivity index is 2.39. The summed E-state index contributed by atoms with van der Waals surface area (Å²) >= 11 is 5.70. The van der Waals surface area contributed by atoms with Crippen LogP contribution < -0.4 is 5.32 Å². The Kier molecular flexibility index (Phi) is 4.01. The van der Waals surface area contributed by atoms with E-state index in [0.29, 0.717) is 11.6 Å². The first-order valence-corrected chi connectivity index (χ1v) is 4.45. The number of nitrogens with one attached hydrogen (secondary N) is 1. The zero-order valence-electron chi connectivity index (χ0n) is 7.40. The van der Waals surface area contributed by atoms with Crippen molar-refractivity contribution in [2.75, 3.05) is 11.9 Å². The Labute approximate surface area is 87.0 Å². The minimum absolute atomic E-state index is 0.480. The Morgan fingerprint density at radius 1 is 1.43 bits per heavy atom. The summed E-state index contributed by atoms with van der Waals surface area (Å²) in [6, 6.07) is 7.20. The third kappa shape index (κ3) is 3.96. The Hall–Kier alpha value is -1.48. The van der Waals surface area contributed by atoms with Gasteiger partial charge in [0.15, 0.2) is 0 Å². The van der Waals surface area contributed by atoms with Crippen molar-refractivity contribution in [1.29, 1.82) is 0 Å². The fourth-order valence-electron chi connectivity index (χ4n) is 0.904. The van der Waals surface area contributed by atoms with Crippen molar-refractivity contribution in [3.8, 4) is 0 Å². The van der Waals surface area contributed by atoms with Crippen molar-refractivity contribution in [1.82, 2.24) is 0 Å². The molecular weight excluding hydrogens is 202 g/mol. The van der Waals surface area contributed by atoms with Gasteiger partial charge in [-0.1, -0.05) is 17.7 Å². The van der Waals surface area contributed by atoms with E-state index in [4.69, 9.17) is 16.7 Å². The maximum Gasteiger partial charge on any atom is 0.328 e. The fraction of sp³-hybridized carbons (Fsp3) is 0.100. The number of hydrogen-bond donors (Lipinski definition) is 2. The van der Waals surface area contributed by atoms with Crippen LogP contribution in [-0.2, 0) is 4.79 Å². The minimum atomic E-state index is -0.942. The quantitative estimate of drug-likeness (QED) is 0.752. The normalized spacial score (nSPS) is 10.4. The number of carboxylic acids is 1. The van der Waals surface area contributed by atoms with Gasteiger partial charge in [-0.15, -0.1) is 0 Å². The minimum Gasteiger partial charge on any atom is -0.478 e. The first kappa shape index (κ1) is 10.6. The summed E-state index contributed by atoms with van der Waals surface area (Å²) in [4.78, 5) is 10.1. The number of hydrogen-bond acceptors (Lipinski definition) is 2. The molecular formula is C10H10ClNO2. The number of benzene rings is 1. The van der Waals surface area contributed by atoms with Crippen LogP contribution in [0.3, 0.4) is 0 Å². The van der Waals surface area contributed by atoms with Crippen LogP contribution in [0.25, 0.3) is 0 Å². The highest BCUT2D eigenvalue weighted by molar-refractivity contribution is 6.30. The molecule has 0 radical (unpaired) electrons. The predicted octanol–water partition coefficient (Wildman–Crippen LogP) is 2.39. The number of halogens is 1. The van der Waals surface area contributed by atoms with Gasteiger partial charge in [0.05, 0.1) is 0 Å². The summed E-state index contributed by atoms with van der Waals surface area (Å²) in [7, 11) is 0. The highest BCUT2D eigenvalue weighted by Crippen LogP contribution is 2.12. The van der Waals surface area contributed by atoms with Crippen LogP contribution in [0.2, 0.25) is 5.02 Å². The van der Waals surface area contributed by atoms with Crippen molar-refractivity contribution < 1.29 is 9.90 Å². The van der Waals surface area contributed by atoms with Crippen molar-refractivity contribution >= 4 is 23.3 Å². The maximum absolute atomic E-state index is 10.1. The molecule has 0 aromatic heterocycles. The predicted molar refractivity (Wildman–Crippen MR) is 56.7 cm³/mol. The molecule has 0 heterocycles. The highest BCUT2D eigenvalue weighted by Gasteiger charge is 1.90. The average molecular weight is 212 g/mol. The van der Waals surface area contributed by atoms with E-state index in [1.807, 2.05) is 12.1 Å². The zero-order valence-corrected chi connectivity index (χ0v) is 8.16. The molecule has 4 heteroatoms. The molecule has 0 aliphatic rings. The Morgan fingerprint density at radius 3 is 2.64 bits per heavy atom. The van der Waals surface area contributed by atoms with Crippen LogP contribution in [-0.4, -0.2) is 17.6 Å². The Morgan fingerprint density at radius 2 is 2.07 bits per heavy atom. The van der Waals surface area contributed by atoms with Gasteiger partial charge in [0.2, 0.25) is 0 Å². The van der Waals surface area contributed by atoms with Gasteiger partial charge in [0.25, 0.3) is 0 Å². The molecule has 0 bridgehead atoms. The lowest BCUT2D eigenvalue weighted by Gasteiger charge is -2.01. The summed E-state index contributed by atoms with van der Waals surface area (Å²) in [6.07, 6.45) is 2.64. The number of rotatable bonds is 4. The summed E-state index contributed by atoms with van der Waals surface area (Å²) in [5.74, 6) is -0.942. The van der Waals surface area contributed by atoms with E-state index < -0.39 is 5.97 Å². The number of carboxylic acid groups (broad SMARTS) is 1. The number of carbonyl (C=O) groups is 1. The van der Waals surface area contributed by atoms with Gasteiger partial charge >= 0.3 is 5.97 Å². The molecule has 0 aliphatic carbocycles. The molecule has 0 fully saturated rings. The molecule has 0 atom stereocenters. The van der Waals surface area contributed by atoms with Crippen LogP contribution in [0.5, 0.6) is 0 Å². The summed E-state index contributed by atoms with van der Waals surface area (Å²) in [5.41, 5.74) is 0.907. The van der Waals surface area contributed by atoms with Gasteiger partial charge in [-0.2, -0.15) is 0 Å². The average Bonchev–Trinajstić information content (AvgIpc) is 2.15. The standard InChI is InChI=1S/C10H10ClNO2/c11-8-3-5-9(6-4-8)12-7-1-2-10(13)14/h1-6,12H,7H2,(H,13,14)/b2-1+. The van der Waals surface area contributed by atoms with Crippen LogP contribution in [0.15, 0.2) is 36.4 Å². The summed E-state index contributed by atoms with van der Waals surface area (Å²) < 4.78 is 0. The molecule has 2 N–H and O–H groups in total. The molecule has 0 saturated carbocycles. The smallest absolute Gasteiger partial charge is 0.328 e. The molecule has 0 amide bonds. The maximum atomic E-state index is 10.1. The van der Waals surface area contributed by atoms with Gasteiger partial charge in [-0.3, -0.25) is 0 Å². The number of anilines is 1. The second-order valence-electron chi connectivity index (χ2n) is 2.63. The lowest BCUT2D eigenvalue weighted by Crippen LogP contribution is -1.98. The van der Waals surface area contributed by atoms with Gasteiger partial charge in [0.1, 0.15) is 0 Å². The molecule has 0 aliphatic heterocycles. The van der Waals surface area contributed by atoms with Crippen LogP contribution in [0, 0.1) is 0 Å². The number of aliphatic carboxylic acids is 1. The third-order valence-corrected chi connectivity index (χ3v) is 1.78. The van der Waals surface area contributed by atoms with Gasteiger partial charge in [0, 0.05) is 23.3 Å². The monoisotopic (exact) mass is 211 g/mol. The lowest BCUT2D eigenvalue weighted by molar-refractivity contribution is -0.131. The molecule has 0 saturated heterocycles. The van der Waals surface area contributed by atoms with E-state index in [9.17, 15) is 4.79 Å². The first-order chi connectivity index (χ1) is 6.68. The second-order valence-corrected chi connectivity index (χ2v) is 3.06. The molecule has 1 rings (SSSR count). The molecule has 1 aromatic rings.